The Morgan fingerprint density at radius 3 is 2.05 bits per heavy atom. The third kappa shape index (κ3) is 6.12. The number of hydrogen-bond donors (Lipinski definition) is 1. The molecule has 0 amide bonds. The SMILES string of the molecule is CCOC(CCNc1c(Br)cc(Br)cc1Br)OCC. The summed E-state index contributed by atoms with van der Waals surface area (Å²) >= 11 is 10.5. The molecule has 0 bridgehead atoms. The van der Waals surface area contributed by atoms with Crippen LogP contribution in [0.5, 0.6) is 0 Å². The first-order valence-electron chi connectivity index (χ1n) is 6.20. The minimum atomic E-state index is -0.143. The lowest BCUT2D eigenvalue weighted by molar-refractivity contribution is -0.137. The summed E-state index contributed by atoms with van der Waals surface area (Å²) in [5, 5.41) is 3.38. The van der Waals surface area contributed by atoms with Gasteiger partial charge in [0.15, 0.2) is 6.29 Å². The molecule has 0 aliphatic rings. The molecule has 0 unspecified atom stereocenters. The fraction of sp³-hybridized carbons (Fsp3) is 0.538. The molecule has 0 aliphatic carbocycles. The molecule has 1 aromatic rings. The number of benzene rings is 1. The first-order chi connectivity index (χ1) is 9.08. The van der Waals surface area contributed by atoms with Crippen molar-refractivity contribution in [3.63, 3.8) is 0 Å². The van der Waals surface area contributed by atoms with Gasteiger partial charge >= 0.3 is 0 Å². The molecular weight excluding hydrogens is 442 g/mol. The first-order valence-corrected chi connectivity index (χ1v) is 8.58. The van der Waals surface area contributed by atoms with Crippen LogP contribution in [-0.2, 0) is 9.47 Å². The Morgan fingerprint density at radius 1 is 1.05 bits per heavy atom. The Morgan fingerprint density at radius 2 is 1.58 bits per heavy atom. The van der Waals surface area contributed by atoms with Crippen LogP contribution in [0.3, 0.4) is 0 Å². The Balaban J connectivity index is 2.52. The maximum atomic E-state index is 5.51. The van der Waals surface area contributed by atoms with Gasteiger partial charge in [-0.2, -0.15) is 0 Å². The van der Waals surface area contributed by atoms with Crippen LogP contribution in [0.1, 0.15) is 20.3 Å². The third-order valence-electron chi connectivity index (χ3n) is 2.39. The fourth-order valence-corrected chi connectivity index (χ4v) is 4.15. The molecule has 0 aromatic heterocycles. The molecule has 0 radical (unpaired) electrons. The number of rotatable bonds is 8. The highest BCUT2D eigenvalue weighted by Gasteiger charge is 2.10. The Hall–Kier alpha value is 0.380. The number of nitrogens with one attached hydrogen (secondary N) is 1. The van der Waals surface area contributed by atoms with Gasteiger partial charge in [0.1, 0.15) is 0 Å². The molecule has 0 aliphatic heterocycles. The van der Waals surface area contributed by atoms with Crippen LogP contribution in [0, 0.1) is 0 Å². The molecule has 108 valence electrons. The minimum absolute atomic E-state index is 0.143. The van der Waals surface area contributed by atoms with Crippen molar-refractivity contribution in [3.05, 3.63) is 25.6 Å². The van der Waals surface area contributed by atoms with Crippen molar-refractivity contribution in [2.45, 2.75) is 26.6 Å². The van der Waals surface area contributed by atoms with E-state index in [2.05, 4.69) is 53.1 Å². The van der Waals surface area contributed by atoms with E-state index in [0.29, 0.717) is 13.2 Å². The van der Waals surface area contributed by atoms with Crippen molar-refractivity contribution in [1.29, 1.82) is 0 Å². The van der Waals surface area contributed by atoms with Crippen LogP contribution in [0.2, 0.25) is 0 Å². The van der Waals surface area contributed by atoms with E-state index in [9.17, 15) is 0 Å². The summed E-state index contributed by atoms with van der Waals surface area (Å²) in [6, 6.07) is 4.02. The van der Waals surface area contributed by atoms with Gasteiger partial charge in [0.05, 0.1) is 5.69 Å². The van der Waals surface area contributed by atoms with Gasteiger partial charge in [0, 0.05) is 39.6 Å². The maximum Gasteiger partial charge on any atom is 0.159 e. The van der Waals surface area contributed by atoms with Crippen LogP contribution >= 0.6 is 47.8 Å². The number of hydrogen-bond acceptors (Lipinski definition) is 3. The average Bonchev–Trinajstić information content (AvgIpc) is 2.32. The van der Waals surface area contributed by atoms with Crippen molar-refractivity contribution in [2.75, 3.05) is 25.1 Å². The second-order valence-corrected chi connectivity index (χ2v) is 6.42. The van der Waals surface area contributed by atoms with Gasteiger partial charge in [-0.05, 0) is 57.8 Å². The molecule has 0 fully saturated rings. The van der Waals surface area contributed by atoms with Gasteiger partial charge in [-0.1, -0.05) is 15.9 Å². The van der Waals surface area contributed by atoms with Crippen LogP contribution in [0.4, 0.5) is 5.69 Å². The second-order valence-electron chi connectivity index (χ2n) is 3.80. The molecule has 0 atom stereocenters. The van der Waals surface area contributed by atoms with E-state index in [4.69, 9.17) is 9.47 Å². The van der Waals surface area contributed by atoms with Crippen molar-refractivity contribution < 1.29 is 9.47 Å². The summed E-state index contributed by atoms with van der Waals surface area (Å²) in [6.45, 7) is 6.05. The Kier molecular flexibility index (Phi) is 8.57. The van der Waals surface area contributed by atoms with Gasteiger partial charge in [-0.25, -0.2) is 0 Å². The maximum absolute atomic E-state index is 5.51. The van der Waals surface area contributed by atoms with E-state index < -0.39 is 0 Å². The van der Waals surface area contributed by atoms with Crippen molar-refractivity contribution in [3.8, 4) is 0 Å². The van der Waals surface area contributed by atoms with E-state index in [1.54, 1.807) is 0 Å². The molecule has 6 heteroatoms. The largest absolute Gasteiger partial charge is 0.383 e. The summed E-state index contributed by atoms with van der Waals surface area (Å²) in [5.74, 6) is 0. The molecule has 0 heterocycles. The smallest absolute Gasteiger partial charge is 0.159 e. The topological polar surface area (TPSA) is 30.5 Å². The molecule has 3 nitrogen and oxygen atoms in total. The van der Waals surface area contributed by atoms with Gasteiger partial charge in [0.2, 0.25) is 0 Å². The van der Waals surface area contributed by atoms with Gasteiger partial charge < -0.3 is 14.8 Å². The standard InChI is InChI=1S/C13H18Br3NO2/c1-3-18-12(19-4-2)5-6-17-13-10(15)7-9(14)8-11(13)16/h7-8,12,17H,3-6H2,1-2H3. The van der Waals surface area contributed by atoms with Gasteiger partial charge in [0.25, 0.3) is 0 Å². The zero-order valence-corrected chi connectivity index (χ0v) is 15.8. The molecule has 0 saturated carbocycles. The average molecular weight is 460 g/mol. The number of ether oxygens (including phenoxy) is 2. The van der Waals surface area contributed by atoms with Crippen molar-refractivity contribution in [2.24, 2.45) is 0 Å². The lowest BCUT2D eigenvalue weighted by atomic mass is 10.3. The van der Waals surface area contributed by atoms with E-state index in [-0.39, 0.29) is 6.29 Å². The summed E-state index contributed by atoms with van der Waals surface area (Å²) in [5.41, 5.74) is 1.04. The predicted molar refractivity (Wildman–Crippen MR) is 89.7 cm³/mol. The fourth-order valence-electron chi connectivity index (χ4n) is 1.61. The van der Waals surface area contributed by atoms with Crippen LogP contribution in [-0.4, -0.2) is 26.0 Å². The minimum Gasteiger partial charge on any atom is -0.383 e. The lowest BCUT2D eigenvalue weighted by Gasteiger charge is -2.18. The molecule has 1 aromatic carbocycles. The third-order valence-corrected chi connectivity index (χ3v) is 4.10. The molecular formula is C13H18Br3NO2. The monoisotopic (exact) mass is 457 g/mol. The predicted octanol–water partition coefficient (Wildman–Crippen LogP) is 5.18. The summed E-state index contributed by atoms with van der Waals surface area (Å²) < 4.78 is 14.1. The van der Waals surface area contributed by atoms with Crippen LogP contribution in [0.15, 0.2) is 25.6 Å². The Bertz CT molecular complexity index is 372. The van der Waals surface area contributed by atoms with Crippen molar-refractivity contribution >= 4 is 53.5 Å². The molecule has 0 saturated heterocycles. The van der Waals surface area contributed by atoms with E-state index in [1.807, 2.05) is 26.0 Å². The van der Waals surface area contributed by atoms with Crippen molar-refractivity contribution in [1.82, 2.24) is 0 Å². The van der Waals surface area contributed by atoms with E-state index in [1.165, 1.54) is 0 Å². The molecule has 0 spiro atoms. The van der Waals surface area contributed by atoms with E-state index >= 15 is 0 Å². The number of anilines is 1. The normalized spacial score (nSPS) is 11.1. The zero-order chi connectivity index (χ0) is 14.3. The highest BCUT2D eigenvalue weighted by molar-refractivity contribution is 9.11. The highest BCUT2D eigenvalue weighted by atomic mass is 79.9. The quantitative estimate of drug-likeness (QED) is 0.544. The highest BCUT2D eigenvalue weighted by Crippen LogP contribution is 2.34. The molecule has 1 N–H and O–H groups in total. The van der Waals surface area contributed by atoms with Crippen LogP contribution < -0.4 is 5.32 Å². The van der Waals surface area contributed by atoms with Gasteiger partial charge in [-0.15, -0.1) is 0 Å². The number of halogens is 3. The second kappa shape index (κ2) is 9.34. The van der Waals surface area contributed by atoms with E-state index in [0.717, 1.165) is 32.1 Å². The summed E-state index contributed by atoms with van der Waals surface area (Å²) in [4.78, 5) is 0. The molecule has 19 heavy (non-hydrogen) atoms. The lowest BCUT2D eigenvalue weighted by Crippen LogP contribution is -2.21. The summed E-state index contributed by atoms with van der Waals surface area (Å²) in [6.07, 6.45) is 0.659. The first kappa shape index (κ1) is 17.4. The van der Waals surface area contributed by atoms with Gasteiger partial charge in [-0.3, -0.25) is 0 Å². The Labute approximate surface area is 139 Å². The summed E-state index contributed by atoms with van der Waals surface area (Å²) in [7, 11) is 0. The molecule has 1 rings (SSSR count). The van der Waals surface area contributed by atoms with Crippen LogP contribution in [0.25, 0.3) is 0 Å². The zero-order valence-electron chi connectivity index (χ0n) is 11.0.